The summed E-state index contributed by atoms with van der Waals surface area (Å²) < 4.78 is 38.6. The molecule has 3 N–H and O–H groups in total. The van der Waals surface area contributed by atoms with Crippen LogP contribution in [0.3, 0.4) is 0 Å². The highest BCUT2D eigenvalue weighted by Gasteiger charge is 2.22. The maximum atomic E-state index is 12.8. The van der Waals surface area contributed by atoms with Crippen LogP contribution in [0.1, 0.15) is 5.69 Å². The van der Waals surface area contributed by atoms with Crippen LogP contribution in [-0.4, -0.2) is 20.4 Å². The fourth-order valence-electron chi connectivity index (χ4n) is 1.63. The summed E-state index contributed by atoms with van der Waals surface area (Å²) in [5.74, 6) is -0.415. The predicted octanol–water partition coefficient (Wildman–Crippen LogP) is 1.44. The van der Waals surface area contributed by atoms with E-state index < -0.39 is 15.8 Å². The van der Waals surface area contributed by atoms with Gasteiger partial charge in [0.25, 0.3) is 10.0 Å². The van der Waals surface area contributed by atoms with E-state index in [2.05, 4.69) is 4.98 Å². The molecule has 0 radical (unpaired) electrons. The molecule has 1 aromatic carbocycles. The molecule has 0 unspecified atom stereocenters. The molecule has 1 aromatic heterocycles. The Kier molecular flexibility index (Phi) is 3.59. The average Bonchev–Trinajstić information content (AvgIpc) is 2.88. The van der Waals surface area contributed by atoms with E-state index in [1.165, 1.54) is 43.6 Å². The van der Waals surface area contributed by atoms with E-state index in [9.17, 15) is 12.8 Å². The second-order valence-corrected chi connectivity index (χ2v) is 5.98. The highest BCUT2D eigenvalue weighted by atomic mass is 32.2. The minimum absolute atomic E-state index is 0.125. The molecule has 2 rings (SSSR count). The number of sulfonamides is 1. The summed E-state index contributed by atoms with van der Waals surface area (Å²) >= 11 is 0. The van der Waals surface area contributed by atoms with Crippen LogP contribution < -0.4 is 10.0 Å². The van der Waals surface area contributed by atoms with Gasteiger partial charge in [-0.1, -0.05) is 0 Å². The maximum absolute atomic E-state index is 12.8. The van der Waals surface area contributed by atoms with Gasteiger partial charge in [-0.3, -0.25) is 4.31 Å². The van der Waals surface area contributed by atoms with Crippen LogP contribution in [0.2, 0.25) is 0 Å². The fourth-order valence-corrected chi connectivity index (χ4v) is 2.85. The third-order valence-electron chi connectivity index (χ3n) is 2.78. The molecule has 0 aliphatic rings. The Morgan fingerprint density at radius 3 is 2.47 bits per heavy atom. The summed E-state index contributed by atoms with van der Waals surface area (Å²) in [6.45, 7) is 0.232. The predicted molar refractivity (Wildman–Crippen MR) is 70.7 cm³/mol. The minimum atomic E-state index is -3.67. The zero-order valence-electron chi connectivity index (χ0n) is 10.3. The van der Waals surface area contributed by atoms with E-state index >= 15 is 0 Å². The summed E-state index contributed by atoms with van der Waals surface area (Å²) in [6.07, 6.45) is 1.39. The number of anilines is 1. The fraction of sp³-hybridized carbons (Fsp3) is 0.167. The van der Waals surface area contributed by atoms with Gasteiger partial charge in [0.2, 0.25) is 0 Å². The number of nitrogens with zero attached hydrogens (tertiary/aromatic N) is 1. The second kappa shape index (κ2) is 5.02. The zero-order valence-corrected chi connectivity index (χ0v) is 11.1. The molecular formula is C12H14FN3O2S. The largest absolute Gasteiger partial charge is 0.363 e. The number of H-pyrrole nitrogens is 1. The van der Waals surface area contributed by atoms with Gasteiger partial charge < -0.3 is 10.7 Å². The quantitative estimate of drug-likeness (QED) is 0.891. The van der Waals surface area contributed by atoms with Crippen molar-refractivity contribution in [3.8, 4) is 0 Å². The van der Waals surface area contributed by atoms with Crippen molar-refractivity contribution in [2.24, 2.45) is 5.73 Å². The molecule has 2 aromatic rings. The Morgan fingerprint density at radius 2 is 1.95 bits per heavy atom. The normalized spacial score (nSPS) is 11.5. The van der Waals surface area contributed by atoms with E-state index in [1.807, 2.05) is 0 Å². The molecule has 102 valence electrons. The van der Waals surface area contributed by atoms with Crippen LogP contribution in [0, 0.1) is 5.82 Å². The highest BCUT2D eigenvalue weighted by molar-refractivity contribution is 7.92. The number of halogens is 1. The summed E-state index contributed by atoms with van der Waals surface area (Å²) in [7, 11) is -2.26. The van der Waals surface area contributed by atoms with Crippen molar-refractivity contribution in [2.75, 3.05) is 11.4 Å². The number of hydrogen-bond acceptors (Lipinski definition) is 3. The van der Waals surface area contributed by atoms with E-state index in [1.54, 1.807) is 0 Å². The number of aromatic amines is 1. The minimum Gasteiger partial charge on any atom is -0.363 e. The topological polar surface area (TPSA) is 79.2 Å². The van der Waals surface area contributed by atoms with Gasteiger partial charge in [-0.25, -0.2) is 12.8 Å². The standard InChI is InChI=1S/C12H14FN3O2S/c1-16(11-4-2-9(13)3-5-11)19(17,18)12-6-10(7-14)15-8-12/h2-6,8,15H,7,14H2,1H3. The Labute approximate surface area is 110 Å². The molecule has 0 saturated heterocycles. The smallest absolute Gasteiger partial charge is 0.265 e. The number of nitrogens with one attached hydrogen (secondary N) is 1. The van der Waals surface area contributed by atoms with Gasteiger partial charge in [0.05, 0.1) is 5.69 Å². The van der Waals surface area contributed by atoms with Crippen LogP contribution in [0.25, 0.3) is 0 Å². The van der Waals surface area contributed by atoms with Gasteiger partial charge in [0.1, 0.15) is 10.7 Å². The molecule has 1 heterocycles. The van der Waals surface area contributed by atoms with Crippen molar-refractivity contribution in [1.29, 1.82) is 0 Å². The van der Waals surface area contributed by atoms with Crippen molar-refractivity contribution in [3.63, 3.8) is 0 Å². The highest BCUT2D eigenvalue weighted by Crippen LogP contribution is 2.22. The molecular weight excluding hydrogens is 269 g/mol. The SMILES string of the molecule is CN(c1ccc(F)cc1)S(=O)(=O)c1c[nH]c(CN)c1. The Balaban J connectivity index is 2.36. The molecule has 0 spiro atoms. The Morgan fingerprint density at radius 1 is 1.32 bits per heavy atom. The number of rotatable bonds is 4. The van der Waals surface area contributed by atoms with Crippen LogP contribution in [-0.2, 0) is 16.6 Å². The molecule has 0 fully saturated rings. The van der Waals surface area contributed by atoms with Gasteiger partial charge in [-0.15, -0.1) is 0 Å². The molecule has 0 saturated carbocycles. The van der Waals surface area contributed by atoms with Crippen molar-refractivity contribution in [2.45, 2.75) is 11.4 Å². The molecule has 0 aliphatic carbocycles. The van der Waals surface area contributed by atoms with Gasteiger partial charge in [0.15, 0.2) is 0 Å². The lowest BCUT2D eigenvalue weighted by Gasteiger charge is -2.18. The van der Waals surface area contributed by atoms with Crippen LogP contribution in [0.5, 0.6) is 0 Å². The van der Waals surface area contributed by atoms with Crippen molar-refractivity contribution in [3.05, 3.63) is 48.0 Å². The van der Waals surface area contributed by atoms with Gasteiger partial charge in [0, 0.05) is 25.5 Å². The molecule has 0 atom stereocenters. The van der Waals surface area contributed by atoms with Crippen molar-refractivity contribution in [1.82, 2.24) is 4.98 Å². The number of hydrogen-bond donors (Lipinski definition) is 2. The number of benzene rings is 1. The maximum Gasteiger partial charge on any atom is 0.265 e. The average molecular weight is 283 g/mol. The first-order valence-corrected chi connectivity index (χ1v) is 7.01. The molecule has 5 nitrogen and oxygen atoms in total. The molecule has 19 heavy (non-hydrogen) atoms. The Hall–Kier alpha value is -1.86. The zero-order chi connectivity index (χ0) is 14.0. The van der Waals surface area contributed by atoms with Crippen molar-refractivity contribution < 1.29 is 12.8 Å². The van der Waals surface area contributed by atoms with Gasteiger partial charge in [-0.05, 0) is 30.3 Å². The lowest BCUT2D eigenvalue weighted by atomic mass is 10.3. The summed E-state index contributed by atoms with van der Waals surface area (Å²) in [6, 6.07) is 6.72. The van der Waals surface area contributed by atoms with Gasteiger partial charge in [-0.2, -0.15) is 0 Å². The van der Waals surface area contributed by atoms with Crippen LogP contribution >= 0.6 is 0 Å². The lowest BCUT2D eigenvalue weighted by molar-refractivity contribution is 0.594. The monoisotopic (exact) mass is 283 g/mol. The van der Waals surface area contributed by atoms with Gasteiger partial charge >= 0.3 is 0 Å². The molecule has 0 aliphatic heterocycles. The van der Waals surface area contributed by atoms with E-state index in [0.29, 0.717) is 11.4 Å². The number of nitrogens with two attached hydrogens (primary N) is 1. The molecule has 0 amide bonds. The number of aromatic nitrogens is 1. The van der Waals surface area contributed by atoms with Crippen molar-refractivity contribution >= 4 is 15.7 Å². The Bertz CT molecular complexity index is 665. The first-order valence-electron chi connectivity index (χ1n) is 5.57. The summed E-state index contributed by atoms with van der Waals surface area (Å²) in [5, 5.41) is 0. The molecule has 7 heteroatoms. The third-order valence-corrected chi connectivity index (χ3v) is 4.55. The first kappa shape index (κ1) is 13.6. The third kappa shape index (κ3) is 2.61. The van der Waals surface area contributed by atoms with E-state index in [0.717, 1.165) is 4.31 Å². The van der Waals surface area contributed by atoms with Crippen LogP contribution in [0.4, 0.5) is 10.1 Å². The first-order chi connectivity index (χ1) is 8.95. The molecule has 0 bridgehead atoms. The van der Waals surface area contributed by atoms with Crippen LogP contribution in [0.15, 0.2) is 41.4 Å². The lowest BCUT2D eigenvalue weighted by Crippen LogP contribution is -2.26. The second-order valence-electron chi connectivity index (χ2n) is 4.01. The van der Waals surface area contributed by atoms with E-state index in [4.69, 9.17) is 5.73 Å². The summed E-state index contributed by atoms with van der Waals surface area (Å²) in [4.78, 5) is 2.91. The van der Waals surface area contributed by atoms with E-state index in [-0.39, 0.29) is 11.4 Å². The summed E-state index contributed by atoms with van der Waals surface area (Å²) in [5.41, 5.74) is 6.45.